The number of hydrogen-bond donors (Lipinski definition) is 0. The van der Waals surface area contributed by atoms with Crippen molar-refractivity contribution >= 4 is 9.84 Å². The van der Waals surface area contributed by atoms with Gasteiger partial charge in [0.1, 0.15) is 5.75 Å². The number of ether oxygens (including phenoxy) is 1. The van der Waals surface area contributed by atoms with Crippen LogP contribution in [0.2, 0.25) is 0 Å². The predicted molar refractivity (Wildman–Crippen MR) is 96.1 cm³/mol. The summed E-state index contributed by atoms with van der Waals surface area (Å²) in [6, 6.07) is 8.45. The molecule has 6 heteroatoms. The largest absolute Gasteiger partial charge is 0.494 e. The van der Waals surface area contributed by atoms with Crippen molar-refractivity contribution < 1.29 is 13.2 Å². The highest BCUT2D eigenvalue weighted by molar-refractivity contribution is 7.91. The molecule has 0 amide bonds. The van der Waals surface area contributed by atoms with Gasteiger partial charge >= 0.3 is 0 Å². The first-order valence-electron chi connectivity index (χ1n) is 8.92. The van der Waals surface area contributed by atoms with E-state index in [1.54, 1.807) is 0 Å². The van der Waals surface area contributed by atoms with Crippen molar-refractivity contribution in [3.8, 4) is 5.75 Å². The molecule has 0 bridgehead atoms. The van der Waals surface area contributed by atoms with Crippen LogP contribution in [0.1, 0.15) is 25.8 Å². The first-order chi connectivity index (χ1) is 11.5. The molecule has 0 aromatic heterocycles. The van der Waals surface area contributed by atoms with Gasteiger partial charge in [0.2, 0.25) is 0 Å². The van der Waals surface area contributed by atoms with E-state index in [4.69, 9.17) is 4.74 Å². The van der Waals surface area contributed by atoms with Crippen molar-refractivity contribution in [1.29, 1.82) is 0 Å². The van der Waals surface area contributed by atoms with E-state index in [9.17, 15) is 8.42 Å². The molecule has 0 saturated carbocycles. The Kier molecular flexibility index (Phi) is 5.47. The molecule has 2 aliphatic rings. The minimum absolute atomic E-state index is 0.127. The number of nitrogens with zero attached hydrogens (tertiary/aromatic N) is 2. The molecule has 2 heterocycles. The zero-order chi connectivity index (χ0) is 17.2. The van der Waals surface area contributed by atoms with Gasteiger partial charge in [-0.1, -0.05) is 19.1 Å². The van der Waals surface area contributed by atoms with Gasteiger partial charge in [-0.3, -0.25) is 9.80 Å². The van der Waals surface area contributed by atoms with Crippen LogP contribution in [0.15, 0.2) is 24.3 Å². The molecule has 24 heavy (non-hydrogen) atoms. The smallest absolute Gasteiger partial charge is 0.153 e. The monoisotopic (exact) mass is 352 g/mol. The normalized spacial score (nSPS) is 27.1. The highest BCUT2D eigenvalue weighted by atomic mass is 32.2. The molecule has 5 nitrogen and oxygen atoms in total. The second kappa shape index (κ2) is 7.42. The second-order valence-electron chi connectivity index (χ2n) is 6.80. The predicted octanol–water partition coefficient (Wildman–Crippen LogP) is 1.78. The third-order valence-electron chi connectivity index (χ3n) is 5.04. The lowest BCUT2D eigenvalue weighted by Crippen LogP contribution is -2.58. The fourth-order valence-corrected chi connectivity index (χ4v) is 5.99. The van der Waals surface area contributed by atoms with E-state index in [-0.39, 0.29) is 12.1 Å². The number of sulfone groups is 1. The fraction of sp³-hybridized carbons (Fsp3) is 0.667. The maximum atomic E-state index is 12.2. The summed E-state index contributed by atoms with van der Waals surface area (Å²) in [6.07, 6.45) is 1.07. The Morgan fingerprint density at radius 3 is 2.29 bits per heavy atom. The molecule has 1 aromatic carbocycles. The van der Waals surface area contributed by atoms with E-state index in [2.05, 4.69) is 28.9 Å². The number of piperazine rings is 1. The molecule has 1 aromatic rings. The zero-order valence-electron chi connectivity index (χ0n) is 14.6. The van der Waals surface area contributed by atoms with E-state index < -0.39 is 9.84 Å². The summed E-state index contributed by atoms with van der Waals surface area (Å²) in [5.74, 6) is 1.50. The highest BCUT2D eigenvalue weighted by Crippen LogP contribution is 2.28. The van der Waals surface area contributed by atoms with E-state index in [0.29, 0.717) is 18.1 Å². The minimum Gasteiger partial charge on any atom is -0.494 e. The minimum atomic E-state index is -2.92. The molecule has 2 aliphatic heterocycles. The van der Waals surface area contributed by atoms with Gasteiger partial charge in [0.15, 0.2) is 9.84 Å². The Hall–Kier alpha value is -1.11. The molecular weight excluding hydrogens is 324 g/mol. The van der Waals surface area contributed by atoms with Crippen LogP contribution in [0, 0.1) is 0 Å². The van der Waals surface area contributed by atoms with E-state index >= 15 is 0 Å². The lowest BCUT2D eigenvalue weighted by atomic mass is 10.0. The average molecular weight is 353 g/mol. The number of benzene rings is 1. The fourth-order valence-electron chi connectivity index (χ4n) is 3.95. The summed E-state index contributed by atoms with van der Waals surface area (Å²) in [5, 5.41) is 0. The number of rotatable bonds is 6. The van der Waals surface area contributed by atoms with Crippen LogP contribution in [0.5, 0.6) is 5.75 Å². The molecular formula is C18H28N2O3S. The Bertz CT molecular complexity index is 645. The Morgan fingerprint density at radius 2 is 1.67 bits per heavy atom. The maximum Gasteiger partial charge on any atom is 0.153 e. The third-order valence-corrected chi connectivity index (χ3v) is 6.74. The molecule has 0 radical (unpaired) electrons. The Labute approximate surface area is 145 Å². The number of fused-ring (bicyclic) bond motifs is 1. The molecule has 3 rings (SSSR count). The first kappa shape index (κ1) is 17.7. The van der Waals surface area contributed by atoms with Crippen molar-refractivity contribution in [2.45, 2.75) is 38.9 Å². The van der Waals surface area contributed by atoms with E-state index in [1.165, 1.54) is 5.56 Å². The molecule has 2 saturated heterocycles. The van der Waals surface area contributed by atoms with Gasteiger partial charge in [0.05, 0.1) is 18.1 Å². The average Bonchev–Trinajstić information content (AvgIpc) is 2.88. The summed E-state index contributed by atoms with van der Waals surface area (Å²) in [7, 11) is -2.92. The SMILES string of the molecule is CCCN1CCN(Cc2ccc(OCC)cc2)[C@H]2CS(=O)(=O)C[C@H]21. The van der Waals surface area contributed by atoms with Crippen LogP contribution in [-0.2, 0) is 16.4 Å². The first-order valence-corrected chi connectivity index (χ1v) is 10.7. The van der Waals surface area contributed by atoms with Gasteiger partial charge in [-0.15, -0.1) is 0 Å². The summed E-state index contributed by atoms with van der Waals surface area (Å²) in [5.41, 5.74) is 1.21. The van der Waals surface area contributed by atoms with Gasteiger partial charge in [-0.25, -0.2) is 8.42 Å². The van der Waals surface area contributed by atoms with Gasteiger partial charge in [0.25, 0.3) is 0 Å². The van der Waals surface area contributed by atoms with Crippen LogP contribution in [-0.4, -0.2) is 68.0 Å². The van der Waals surface area contributed by atoms with Crippen molar-refractivity contribution in [1.82, 2.24) is 9.80 Å². The van der Waals surface area contributed by atoms with Crippen LogP contribution in [0.25, 0.3) is 0 Å². The van der Waals surface area contributed by atoms with Gasteiger partial charge in [0, 0.05) is 31.7 Å². The molecule has 0 unspecified atom stereocenters. The summed E-state index contributed by atoms with van der Waals surface area (Å²) in [6.45, 7) is 8.50. The lowest BCUT2D eigenvalue weighted by Gasteiger charge is -2.44. The van der Waals surface area contributed by atoms with Gasteiger partial charge < -0.3 is 4.74 Å². The highest BCUT2D eigenvalue weighted by Gasteiger charge is 2.45. The second-order valence-corrected chi connectivity index (χ2v) is 8.95. The molecule has 2 fully saturated rings. The Morgan fingerprint density at radius 1 is 1.04 bits per heavy atom. The van der Waals surface area contributed by atoms with Crippen molar-refractivity contribution in [3.05, 3.63) is 29.8 Å². The van der Waals surface area contributed by atoms with Crippen molar-refractivity contribution in [2.75, 3.05) is 37.7 Å². The number of hydrogen-bond acceptors (Lipinski definition) is 5. The molecule has 2 atom stereocenters. The zero-order valence-corrected chi connectivity index (χ0v) is 15.5. The van der Waals surface area contributed by atoms with Gasteiger partial charge in [-0.05, 0) is 37.6 Å². The lowest BCUT2D eigenvalue weighted by molar-refractivity contribution is 0.0405. The standard InChI is InChI=1S/C18H28N2O3S/c1-3-9-19-10-11-20(18-14-24(21,22)13-17(18)19)12-15-5-7-16(8-6-15)23-4-2/h5-8,17-18H,3-4,9-14H2,1-2H3/t17-,18+/m1/s1. The summed E-state index contributed by atoms with van der Waals surface area (Å²) >= 11 is 0. The van der Waals surface area contributed by atoms with Crippen LogP contribution < -0.4 is 4.74 Å². The van der Waals surface area contributed by atoms with Crippen molar-refractivity contribution in [2.24, 2.45) is 0 Å². The van der Waals surface area contributed by atoms with Crippen LogP contribution >= 0.6 is 0 Å². The third kappa shape index (κ3) is 3.92. The molecule has 0 aliphatic carbocycles. The quantitative estimate of drug-likeness (QED) is 0.781. The van der Waals surface area contributed by atoms with Crippen LogP contribution in [0.3, 0.4) is 0 Å². The summed E-state index contributed by atoms with van der Waals surface area (Å²) < 4.78 is 29.9. The molecule has 0 spiro atoms. The van der Waals surface area contributed by atoms with E-state index in [1.807, 2.05) is 19.1 Å². The topological polar surface area (TPSA) is 49.9 Å². The van der Waals surface area contributed by atoms with Crippen molar-refractivity contribution in [3.63, 3.8) is 0 Å². The van der Waals surface area contributed by atoms with Crippen LogP contribution in [0.4, 0.5) is 0 Å². The molecule has 134 valence electrons. The maximum absolute atomic E-state index is 12.2. The Balaban J connectivity index is 1.71. The summed E-state index contributed by atoms with van der Waals surface area (Å²) in [4.78, 5) is 4.74. The van der Waals surface area contributed by atoms with Gasteiger partial charge in [-0.2, -0.15) is 0 Å². The van der Waals surface area contributed by atoms with E-state index in [0.717, 1.165) is 38.3 Å². The molecule has 0 N–H and O–H groups in total.